The number of rotatable bonds is 8. The second-order valence-corrected chi connectivity index (χ2v) is 9.41. The van der Waals surface area contributed by atoms with E-state index in [0.717, 1.165) is 42.8 Å². The van der Waals surface area contributed by atoms with Gasteiger partial charge in [0, 0.05) is 50.2 Å². The van der Waals surface area contributed by atoms with Gasteiger partial charge in [-0.15, -0.1) is 0 Å². The summed E-state index contributed by atoms with van der Waals surface area (Å²) >= 11 is 0. The molecule has 194 valence electrons. The van der Waals surface area contributed by atoms with Crippen molar-refractivity contribution >= 4 is 39.7 Å². The summed E-state index contributed by atoms with van der Waals surface area (Å²) in [5.41, 5.74) is 3.37. The van der Waals surface area contributed by atoms with Crippen LogP contribution in [0.15, 0.2) is 61.1 Å². The molecule has 0 radical (unpaired) electrons. The molecule has 0 atom stereocenters. The molecule has 4 heterocycles. The minimum absolute atomic E-state index is 0.142. The van der Waals surface area contributed by atoms with Gasteiger partial charge in [0.05, 0.1) is 18.0 Å². The molecule has 1 aliphatic rings. The first kappa shape index (κ1) is 23.7. The topological polar surface area (TPSA) is 125 Å². The van der Waals surface area contributed by atoms with Crippen LogP contribution in [0, 0.1) is 0 Å². The fourth-order valence-electron chi connectivity index (χ4n) is 4.90. The number of phenolic OH excluding ortho intramolecular Hbond substituents is 1. The van der Waals surface area contributed by atoms with Crippen molar-refractivity contribution in [3.63, 3.8) is 0 Å². The summed E-state index contributed by atoms with van der Waals surface area (Å²) in [6.45, 7) is 3.67. The van der Waals surface area contributed by atoms with Gasteiger partial charge in [-0.1, -0.05) is 18.2 Å². The lowest BCUT2D eigenvalue weighted by atomic mass is 10.2. The molecule has 1 saturated heterocycles. The largest absolute Gasteiger partial charge is 0.508 e. The molecule has 3 aromatic heterocycles. The number of fused-ring (bicyclic) bond motifs is 2. The molecule has 0 aliphatic carbocycles. The van der Waals surface area contributed by atoms with Crippen LogP contribution in [-0.4, -0.2) is 71.7 Å². The fraction of sp³-hybridized carbons (Fsp3) is 0.296. The Balaban J connectivity index is 1.34. The maximum atomic E-state index is 10.9. The zero-order valence-corrected chi connectivity index (χ0v) is 20.8. The fourth-order valence-corrected chi connectivity index (χ4v) is 4.90. The van der Waals surface area contributed by atoms with Gasteiger partial charge >= 0.3 is 5.97 Å². The van der Waals surface area contributed by atoms with E-state index in [1.54, 1.807) is 18.5 Å². The highest BCUT2D eigenvalue weighted by molar-refractivity contribution is 5.85. The number of imidazole rings is 1. The number of carboxylic acids is 1. The number of piperazine rings is 1. The van der Waals surface area contributed by atoms with Crippen LogP contribution in [0.1, 0.15) is 19.3 Å². The van der Waals surface area contributed by atoms with E-state index in [9.17, 15) is 9.90 Å². The van der Waals surface area contributed by atoms with Crippen molar-refractivity contribution in [2.24, 2.45) is 0 Å². The number of hydrogen-bond donors (Lipinski definition) is 2. The number of unbranched alkanes of at least 4 members (excludes halogenated alkanes) is 1. The van der Waals surface area contributed by atoms with E-state index in [4.69, 9.17) is 15.1 Å². The number of benzene rings is 2. The van der Waals surface area contributed by atoms with Crippen LogP contribution in [0.25, 0.3) is 27.9 Å². The second-order valence-electron chi connectivity index (χ2n) is 9.41. The average molecular weight is 513 g/mol. The summed E-state index contributed by atoms with van der Waals surface area (Å²) in [4.78, 5) is 30.0. The number of nitrogens with zero attached hydrogens (tertiary/aromatic N) is 8. The van der Waals surface area contributed by atoms with Gasteiger partial charge in [0.25, 0.3) is 0 Å². The zero-order valence-electron chi connectivity index (χ0n) is 20.8. The van der Waals surface area contributed by atoms with Gasteiger partial charge in [0.1, 0.15) is 5.75 Å². The number of aryl methyl sites for hydroxylation is 1. The molecule has 11 nitrogen and oxygen atoms in total. The van der Waals surface area contributed by atoms with E-state index in [1.807, 2.05) is 51.8 Å². The molecular weight excluding hydrogens is 484 g/mol. The lowest BCUT2D eigenvalue weighted by Crippen LogP contribution is -2.47. The Morgan fingerprint density at radius 2 is 1.68 bits per heavy atom. The molecule has 5 aromatic rings. The van der Waals surface area contributed by atoms with Crippen LogP contribution in [0.4, 0.5) is 11.6 Å². The number of para-hydroxylation sites is 1. The minimum Gasteiger partial charge on any atom is -0.508 e. The normalized spacial score (nSPS) is 14.0. The Morgan fingerprint density at radius 1 is 0.921 bits per heavy atom. The van der Waals surface area contributed by atoms with Crippen LogP contribution in [-0.2, 0) is 11.3 Å². The molecule has 2 N–H and O–H groups in total. The molecule has 0 spiro atoms. The molecule has 1 fully saturated rings. The summed E-state index contributed by atoms with van der Waals surface area (Å²) in [5.74, 6) is 0.706. The predicted molar refractivity (Wildman–Crippen MR) is 144 cm³/mol. The van der Waals surface area contributed by atoms with Gasteiger partial charge in [-0.3, -0.25) is 4.79 Å². The van der Waals surface area contributed by atoms with Gasteiger partial charge < -0.3 is 24.6 Å². The summed E-state index contributed by atoms with van der Waals surface area (Å²) in [6, 6.07) is 15.2. The Morgan fingerprint density at radius 3 is 2.47 bits per heavy atom. The van der Waals surface area contributed by atoms with E-state index in [2.05, 4.69) is 19.9 Å². The van der Waals surface area contributed by atoms with Crippen molar-refractivity contribution < 1.29 is 15.0 Å². The Labute approximate surface area is 218 Å². The van der Waals surface area contributed by atoms with E-state index < -0.39 is 5.97 Å². The Hall–Kier alpha value is -4.67. The molecule has 0 amide bonds. The molecule has 2 aromatic carbocycles. The molecule has 0 saturated carbocycles. The predicted octanol–water partition coefficient (Wildman–Crippen LogP) is 3.45. The first-order chi connectivity index (χ1) is 18.6. The summed E-state index contributed by atoms with van der Waals surface area (Å²) in [7, 11) is 0. The van der Waals surface area contributed by atoms with E-state index in [1.165, 1.54) is 0 Å². The standard InChI is InChI=1S/C27H28N8O3/c36-21-10-8-20(9-11-21)32-13-15-33(16-14-32)27-30-25-24(28-18-34(25)12-4-3-7-23(37)38)26(31-27)35-22-6-2-1-5-19(22)17-29-35/h1-2,5-6,8-11,17-18,36H,3-4,7,12-16H2,(H,37,38). The highest BCUT2D eigenvalue weighted by Gasteiger charge is 2.23. The SMILES string of the molecule is O=C(O)CCCCn1cnc2c(-n3ncc4ccccc43)nc(N3CCN(c4ccc(O)cc4)CC3)nc21. The van der Waals surface area contributed by atoms with Crippen molar-refractivity contribution in [3.8, 4) is 11.6 Å². The molecule has 1 aliphatic heterocycles. The third kappa shape index (κ3) is 4.58. The molecule has 0 unspecified atom stereocenters. The summed E-state index contributed by atoms with van der Waals surface area (Å²) < 4.78 is 3.79. The highest BCUT2D eigenvalue weighted by Crippen LogP contribution is 2.27. The Kier molecular flexibility index (Phi) is 6.24. The third-order valence-corrected chi connectivity index (χ3v) is 6.93. The minimum atomic E-state index is -0.788. The molecule has 0 bridgehead atoms. The number of hydrogen-bond acceptors (Lipinski definition) is 8. The van der Waals surface area contributed by atoms with Crippen molar-refractivity contribution in [3.05, 3.63) is 61.1 Å². The lowest BCUT2D eigenvalue weighted by molar-refractivity contribution is -0.137. The van der Waals surface area contributed by atoms with Crippen molar-refractivity contribution in [1.82, 2.24) is 29.3 Å². The monoisotopic (exact) mass is 512 g/mol. The van der Waals surface area contributed by atoms with Gasteiger partial charge in [0.15, 0.2) is 17.0 Å². The number of carboxylic acid groups (broad SMARTS) is 1. The zero-order chi connectivity index (χ0) is 26.1. The van der Waals surface area contributed by atoms with Crippen LogP contribution < -0.4 is 9.80 Å². The number of aromatic hydroxyl groups is 1. The molecular formula is C27H28N8O3. The van der Waals surface area contributed by atoms with E-state index in [-0.39, 0.29) is 12.2 Å². The number of phenols is 1. The summed E-state index contributed by atoms with van der Waals surface area (Å²) in [5, 5.41) is 24.2. The number of anilines is 2. The van der Waals surface area contributed by atoms with Gasteiger partial charge in [-0.05, 0) is 43.2 Å². The number of aromatic nitrogens is 6. The third-order valence-electron chi connectivity index (χ3n) is 6.93. The maximum absolute atomic E-state index is 10.9. The number of aliphatic carboxylic acids is 1. The first-order valence-corrected chi connectivity index (χ1v) is 12.7. The molecule has 38 heavy (non-hydrogen) atoms. The van der Waals surface area contributed by atoms with Gasteiger partial charge in [-0.2, -0.15) is 15.1 Å². The lowest BCUT2D eigenvalue weighted by Gasteiger charge is -2.36. The van der Waals surface area contributed by atoms with Gasteiger partial charge in [-0.25, -0.2) is 9.67 Å². The van der Waals surface area contributed by atoms with Crippen molar-refractivity contribution in [1.29, 1.82) is 0 Å². The van der Waals surface area contributed by atoms with Crippen molar-refractivity contribution in [2.45, 2.75) is 25.8 Å². The summed E-state index contributed by atoms with van der Waals surface area (Å²) in [6.07, 6.45) is 5.01. The highest BCUT2D eigenvalue weighted by atomic mass is 16.4. The van der Waals surface area contributed by atoms with Gasteiger partial charge in [0.2, 0.25) is 5.95 Å². The van der Waals surface area contributed by atoms with Crippen LogP contribution in [0.3, 0.4) is 0 Å². The van der Waals surface area contributed by atoms with Crippen molar-refractivity contribution in [2.75, 3.05) is 36.0 Å². The van der Waals surface area contributed by atoms with Crippen LogP contribution >= 0.6 is 0 Å². The molecule has 11 heteroatoms. The van der Waals surface area contributed by atoms with E-state index in [0.29, 0.717) is 42.3 Å². The molecule has 6 rings (SSSR count). The first-order valence-electron chi connectivity index (χ1n) is 12.7. The average Bonchev–Trinajstić information content (AvgIpc) is 3.55. The maximum Gasteiger partial charge on any atom is 0.303 e. The quantitative estimate of drug-likeness (QED) is 0.301. The number of carbonyl (C=O) groups is 1. The van der Waals surface area contributed by atoms with E-state index >= 15 is 0 Å². The smallest absolute Gasteiger partial charge is 0.303 e. The van der Waals surface area contributed by atoms with Crippen LogP contribution in [0.5, 0.6) is 5.75 Å². The second kappa shape index (κ2) is 10.0. The Bertz CT molecular complexity index is 1590. The van der Waals surface area contributed by atoms with Crippen LogP contribution in [0.2, 0.25) is 0 Å².